The van der Waals surface area contributed by atoms with Crippen molar-refractivity contribution < 1.29 is 9.31 Å². The second kappa shape index (κ2) is 5.49. The van der Waals surface area contributed by atoms with Crippen molar-refractivity contribution in [1.29, 1.82) is 0 Å². The lowest BCUT2D eigenvalue weighted by Gasteiger charge is -2.06. The fourth-order valence-electron chi connectivity index (χ4n) is 1.60. The van der Waals surface area contributed by atoms with Crippen LogP contribution in [0.3, 0.4) is 0 Å². The van der Waals surface area contributed by atoms with Crippen molar-refractivity contribution in [2.24, 2.45) is 0 Å². The SMILES string of the molecule is O=[N+]([O-])c1cc(F)c(SCCCl)c2ncccc12. The minimum absolute atomic E-state index is 0.272. The molecule has 0 amide bonds. The third-order valence-electron chi connectivity index (χ3n) is 2.30. The largest absolute Gasteiger partial charge is 0.281 e. The van der Waals surface area contributed by atoms with Gasteiger partial charge in [0.15, 0.2) is 0 Å². The van der Waals surface area contributed by atoms with Crippen LogP contribution in [0, 0.1) is 15.9 Å². The first-order valence-electron chi connectivity index (χ1n) is 5.05. The fraction of sp³-hybridized carbons (Fsp3) is 0.182. The highest BCUT2D eigenvalue weighted by atomic mass is 35.5. The van der Waals surface area contributed by atoms with Gasteiger partial charge < -0.3 is 0 Å². The lowest BCUT2D eigenvalue weighted by atomic mass is 10.2. The molecule has 0 radical (unpaired) electrons. The molecular weight excluding hydrogens is 279 g/mol. The van der Waals surface area contributed by atoms with Crippen molar-refractivity contribution in [2.45, 2.75) is 4.90 Å². The molecule has 0 fully saturated rings. The summed E-state index contributed by atoms with van der Waals surface area (Å²) < 4.78 is 13.9. The summed E-state index contributed by atoms with van der Waals surface area (Å²) in [5.41, 5.74) is 0.0325. The predicted octanol–water partition coefficient (Wildman–Crippen LogP) is 3.61. The van der Waals surface area contributed by atoms with Gasteiger partial charge in [-0.25, -0.2) is 4.39 Å². The summed E-state index contributed by atoms with van der Waals surface area (Å²) in [4.78, 5) is 14.6. The number of hydrogen-bond acceptors (Lipinski definition) is 4. The number of thioether (sulfide) groups is 1. The molecule has 0 saturated carbocycles. The molecule has 0 saturated heterocycles. The Morgan fingerprint density at radius 3 is 3.00 bits per heavy atom. The van der Waals surface area contributed by atoms with E-state index in [-0.39, 0.29) is 5.69 Å². The molecular formula is C11H8ClFN2O2S. The molecule has 1 aromatic heterocycles. The first-order chi connectivity index (χ1) is 8.65. The normalized spacial score (nSPS) is 10.8. The van der Waals surface area contributed by atoms with Crippen LogP contribution in [0.25, 0.3) is 10.9 Å². The molecule has 0 aliphatic heterocycles. The number of nitro groups is 1. The number of nitro benzene ring substituents is 1. The van der Waals surface area contributed by atoms with E-state index in [1.165, 1.54) is 18.0 Å². The average Bonchev–Trinajstić information content (AvgIpc) is 2.36. The van der Waals surface area contributed by atoms with E-state index in [1.807, 2.05) is 0 Å². The topological polar surface area (TPSA) is 56.0 Å². The standard InChI is InChI=1S/C11H8ClFN2O2S/c12-3-5-18-11-8(13)6-9(15(16)17)7-2-1-4-14-10(7)11/h1-2,4,6H,3,5H2. The highest BCUT2D eigenvalue weighted by Crippen LogP contribution is 2.34. The van der Waals surface area contributed by atoms with Gasteiger partial charge in [0, 0.05) is 17.8 Å². The first-order valence-corrected chi connectivity index (χ1v) is 6.57. The molecule has 0 atom stereocenters. The molecule has 94 valence electrons. The molecule has 18 heavy (non-hydrogen) atoms. The van der Waals surface area contributed by atoms with Crippen molar-refractivity contribution in [3.05, 3.63) is 40.3 Å². The summed E-state index contributed by atoms with van der Waals surface area (Å²) >= 11 is 6.77. The summed E-state index contributed by atoms with van der Waals surface area (Å²) in [5, 5.41) is 11.2. The minimum Gasteiger partial charge on any atom is -0.258 e. The van der Waals surface area contributed by atoms with Crippen molar-refractivity contribution in [2.75, 3.05) is 11.6 Å². The van der Waals surface area contributed by atoms with E-state index >= 15 is 0 Å². The van der Waals surface area contributed by atoms with Gasteiger partial charge in [-0.15, -0.1) is 23.4 Å². The number of alkyl halides is 1. The Bertz CT molecular complexity index is 609. The number of aromatic nitrogens is 1. The van der Waals surface area contributed by atoms with Gasteiger partial charge in [-0.1, -0.05) is 0 Å². The molecule has 4 nitrogen and oxygen atoms in total. The third kappa shape index (κ3) is 2.39. The number of halogens is 2. The highest BCUT2D eigenvalue weighted by Gasteiger charge is 2.19. The summed E-state index contributed by atoms with van der Waals surface area (Å²) in [6, 6.07) is 4.08. The molecule has 1 heterocycles. The Kier molecular flexibility index (Phi) is 3.98. The smallest absolute Gasteiger partial charge is 0.258 e. The molecule has 0 aliphatic carbocycles. The van der Waals surface area contributed by atoms with Crippen molar-refractivity contribution in [1.82, 2.24) is 4.98 Å². The molecule has 0 spiro atoms. The zero-order chi connectivity index (χ0) is 13.1. The van der Waals surface area contributed by atoms with Gasteiger partial charge in [0.1, 0.15) is 5.82 Å². The van der Waals surface area contributed by atoms with Crippen LogP contribution in [0.5, 0.6) is 0 Å². The third-order valence-corrected chi connectivity index (χ3v) is 3.80. The highest BCUT2D eigenvalue weighted by molar-refractivity contribution is 7.99. The van der Waals surface area contributed by atoms with E-state index in [2.05, 4.69) is 4.98 Å². The zero-order valence-electron chi connectivity index (χ0n) is 9.10. The first kappa shape index (κ1) is 13.0. The molecule has 0 aliphatic rings. The van der Waals surface area contributed by atoms with Crippen molar-refractivity contribution in [3.63, 3.8) is 0 Å². The van der Waals surface area contributed by atoms with E-state index < -0.39 is 10.7 Å². The van der Waals surface area contributed by atoms with Gasteiger partial charge in [0.2, 0.25) is 0 Å². The molecule has 7 heteroatoms. The van der Waals surface area contributed by atoms with Crippen molar-refractivity contribution >= 4 is 40.0 Å². The number of pyridine rings is 1. The van der Waals surface area contributed by atoms with Gasteiger partial charge >= 0.3 is 0 Å². The second-order valence-corrected chi connectivity index (χ2v) is 4.88. The van der Waals surface area contributed by atoms with E-state index in [4.69, 9.17) is 11.6 Å². The maximum absolute atomic E-state index is 13.9. The minimum atomic E-state index is -0.636. The molecule has 0 bridgehead atoms. The molecule has 1 aromatic carbocycles. The van der Waals surface area contributed by atoms with Crippen LogP contribution >= 0.6 is 23.4 Å². The fourth-order valence-corrected chi connectivity index (χ4v) is 2.61. The van der Waals surface area contributed by atoms with Crippen LogP contribution in [-0.4, -0.2) is 21.5 Å². The summed E-state index contributed by atoms with van der Waals surface area (Å²) in [5.74, 6) is 0.250. The number of rotatable bonds is 4. The van der Waals surface area contributed by atoms with E-state index in [1.54, 1.807) is 12.1 Å². The molecule has 2 aromatic rings. The van der Waals surface area contributed by atoms with Crippen LogP contribution in [0.15, 0.2) is 29.3 Å². The summed E-state index contributed by atoms with van der Waals surface area (Å²) in [7, 11) is 0. The number of fused-ring (bicyclic) bond motifs is 1. The maximum Gasteiger partial charge on any atom is 0.281 e. The molecule has 0 N–H and O–H groups in total. The zero-order valence-corrected chi connectivity index (χ0v) is 10.7. The lowest BCUT2D eigenvalue weighted by Crippen LogP contribution is -1.96. The monoisotopic (exact) mass is 286 g/mol. The molecule has 0 unspecified atom stereocenters. The number of nitrogens with zero attached hydrogens (tertiary/aromatic N) is 2. The number of non-ortho nitro benzene ring substituents is 1. The Hall–Kier alpha value is -1.40. The Labute approximate surface area is 111 Å². The van der Waals surface area contributed by atoms with Gasteiger partial charge in [-0.3, -0.25) is 15.1 Å². The van der Waals surface area contributed by atoms with Crippen LogP contribution < -0.4 is 0 Å². The van der Waals surface area contributed by atoms with Crippen LogP contribution in [0.2, 0.25) is 0 Å². The summed E-state index contributed by atoms with van der Waals surface area (Å²) in [6.07, 6.45) is 1.48. The van der Waals surface area contributed by atoms with Crippen LogP contribution in [-0.2, 0) is 0 Å². The predicted molar refractivity (Wildman–Crippen MR) is 69.8 cm³/mol. The second-order valence-electron chi connectivity index (χ2n) is 3.40. The maximum atomic E-state index is 13.9. The average molecular weight is 287 g/mol. The van der Waals surface area contributed by atoms with Gasteiger partial charge in [0.05, 0.1) is 26.8 Å². The van der Waals surface area contributed by atoms with E-state index in [0.29, 0.717) is 27.4 Å². The van der Waals surface area contributed by atoms with E-state index in [9.17, 15) is 14.5 Å². The van der Waals surface area contributed by atoms with Crippen LogP contribution in [0.4, 0.5) is 10.1 Å². The Morgan fingerprint density at radius 2 is 2.33 bits per heavy atom. The van der Waals surface area contributed by atoms with E-state index in [0.717, 1.165) is 6.07 Å². The van der Waals surface area contributed by atoms with Gasteiger partial charge in [-0.05, 0) is 12.1 Å². The number of hydrogen-bond donors (Lipinski definition) is 0. The Balaban J connectivity index is 2.69. The lowest BCUT2D eigenvalue weighted by molar-refractivity contribution is -0.383. The van der Waals surface area contributed by atoms with Crippen molar-refractivity contribution in [3.8, 4) is 0 Å². The Morgan fingerprint density at radius 1 is 1.56 bits per heavy atom. The van der Waals surface area contributed by atoms with Gasteiger partial charge in [-0.2, -0.15) is 0 Å². The number of benzene rings is 1. The quantitative estimate of drug-likeness (QED) is 0.373. The summed E-state index contributed by atoms with van der Waals surface area (Å²) in [6.45, 7) is 0. The van der Waals surface area contributed by atoms with Gasteiger partial charge in [0.25, 0.3) is 5.69 Å². The molecule has 2 rings (SSSR count). The van der Waals surface area contributed by atoms with Crippen LogP contribution in [0.1, 0.15) is 0 Å².